The molecule has 6 nitrogen and oxygen atoms in total. The van der Waals surface area contributed by atoms with Gasteiger partial charge in [-0.15, -0.1) is 0 Å². The zero-order valence-electron chi connectivity index (χ0n) is 16.3. The molecule has 0 aliphatic rings. The van der Waals surface area contributed by atoms with Crippen LogP contribution in [0.15, 0.2) is 42.7 Å². The standard InChI is InChI=1S/C21H28N4O2/c1-16(2)15-25(21(27)19-14-23-17(3)13-24-19)12-10-20(26)22-11-9-18-7-5-4-6-8-18/h4-8,13-14,16H,9-12,15H2,1-3H3,(H,22,26). The number of carbonyl (C=O) groups is 2. The summed E-state index contributed by atoms with van der Waals surface area (Å²) in [6.07, 6.45) is 4.13. The molecule has 27 heavy (non-hydrogen) atoms. The van der Waals surface area contributed by atoms with Crippen molar-refractivity contribution < 1.29 is 9.59 Å². The van der Waals surface area contributed by atoms with Crippen molar-refractivity contribution >= 4 is 11.8 Å². The van der Waals surface area contributed by atoms with Crippen LogP contribution in [0.5, 0.6) is 0 Å². The van der Waals surface area contributed by atoms with Gasteiger partial charge >= 0.3 is 0 Å². The Balaban J connectivity index is 1.84. The number of aromatic nitrogens is 2. The third kappa shape index (κ3) is 7.17. The molecular weight excluding hydrogens is 340 g/mol. The van der Waals surface area contributed by atoms with Crippen LogP contribution in [-0.2, 0) is 11.2 Å². The van der Waals surface area contributed by atoms with Crippen LogP contribution in [0, 0.1) is 12.8 Å². The Labute approximate surface area is 161 Å². The molecule has 0 bridgehead atoms. The molecule has 6 heteroatoms. The normalized spacial score (nSPS) is 10.7. The van der Waals surface area contributed by atoms with E-state index < -0.39 is 0 Å². The lowest BCUT2D eigenvalue weighted by Gasteiger charge is -2.24. The number of nitrogens with one attached hydrogen (secondary N) is 1. The minimum Gasteiger partial charge on any atom is -0.356 e. The smallest absolute Gasteiger partial charge is 0.274 e. The molecule has 1 aromatic carbocycles. The molecule has 0 unspecified atom stereocenters. The van der Waals surface area contributed by atoms with Gasteiger partial charge in [0.05, 0.1) is 11.9 Å². The van der Waals surface area contributed by atoms with Gasteiger partial charge in [-0.2, -0.15) is 0 Å². The van der Waals surface area contributed by atoms with Crippen molar-refractivity contribution in [2.24, 2.45) is 5.92 Å². The first-order valence-corrected chi connectivity index (χ1v) is 9.34. The van der Waals surface area contributed by atoms with Gasteiger partial charge in [-0.05, 0) is 24.8 Å². The SMILES string of the molecule is Cc1cnc(C(=O)N(CCC(=O)NCCc2ccccc2)CC(C)C)cn1. The molecule has 1 heterocycles. The highest BCUT2D eigenvalue weighted by molar-refractivity contribution is 5.92. The molecule has 144 valence electrons. The summed E-state index contributed by atoms with van der Waals surface area (Å²) < 4.78 is 0. The van der Waals surface area contributed by atoms with E-state index in [4.69, 9.17) is 0 Å². The molecule has 2 rings (SSSR count). The Bertz CT molecular complexity index is 730. The highest BCUT2D eigenvalue weighted by atomic mass is 16.2. The average Bonchev–Trinajstić information content (AvgIpc) is 2.66. The predicted molar refractivity (Wildman–Crippen MR) is 105 cm³/mol. The van der Waals surface area contributed by atoms with Gasteiger partial charge < -0.3 is 10.2 Å². The van der Waals surface area contributed by atoms with E-state index in [1.165, 1.54) is 11.8 Å². The highest BCUT2D eigenvalue weighted by Gasteiger charge is 2.19. The lowest BCUT2D eigenvalue weighted by atomic mass is 10.1. The fourth-order valence-electron chi connectivity index (χ4n) is 2.70. The Morgan fingerprint density at radius 2 is 1.85 bits per heavy atom. The molecule has 0 fully saturated rings. The predicted octanol–water partition coefficient (Wildman–Crippen LogP) is 2.63. The zero-order valence-corrected chi connectivity index (χ0v) is 16.3. The van der Waals surface area contributed by atoms with Crippen LogP contribution in [0.3, 0.4) is 0 Å². The van der Waals surface area contributed by atoms with Gasteiger partial charge in [-0.1, -0.05) is 44.2 Å². The van der Waals surface area contributed by atoms with Gasteiger partial charge in [0, 0.05) is 32.3 Å². The van der Waals surface area contributed by atoms with Crippen LogP contribution in [0.4, 0.5) is 0 Å². The van der Waals surface area contributed by atoms with Gasteiger partial charge in [-0.25, -0.2) is 4.98 Å². The van der Waals surface area contributed by atoms with Crippen LogP contribution < -0.4 is 5.32 Å². The Hall–Kier alpha value is -2.76. The second-order valence-corrected chi connectivity index (χ2v) is 7.02. The maximum absolute atomic E-state index is 12.7. The molecule has 1 aromatic heterocycles. The Morgan fingerprint density at radius 3 is 2.48 bits per heavy atom. The molecule has 0 saturated heterocycles. The molecule has 0 atom stereocenters. The molecule has 0 spiro atoms. The van der Waals surface area contributed by atoms with Crippen molar-refractivity contribution in [3.63, 3.8) is 0 Å². The number of benzene rings is 1. The fraction of sp³-hybridized carbons (Fsp3) is 0.429. The van der Waals surface area contributed by atoms with Crippen molar-refractivity contribution in [1.29, 1.82) is 0 Å². The van der Waals surface area contributed by atoms with E-state index in [0.717, 1.165) is 12.1 Å². The minimum absolute atomic E-state index is 0.0533. The second kappa shape index (κ2) is 10.4. The summed E-state index contributed by atoms with van der Waals surface area (Å²) in [7, 11) is 0. The third-order valence-corrected chi connectivity index (χ3v) is 4.06. The van der Waals surface area contributed by atoms with E-state index in [1.807, 2.05) is 51.1 Å². The Morgan fingerprint density at radius 1 is 1.11 bits per heavy atom. The van der Waals surface area contributed by atoms with E-state index >= 15 is 0 Å². The monoisotopic (exact) mass is 368 g/mol. The number of aryl methyl sites for hydroxylation is 1. The van der Waals surface area contributed by atoms with E-state index in [-0.39, 0.29) is 18.2 Å². The maximum atomic E-state index is 12.7. The van der Waals surface area contributed by atoms with E-state index in [1.54, 1.807) is 11.1 Å². The number of amides is 2. The van der Waals surface area contributed by atoms with Crippen LogP contribution in [0.1, 0.15) is 42.0 Å². The van der Waals surface area contributed by atoms with Crippen LogP contribution in [0.25, 0.3) is 0 Å². The van der Waals surface area contributed by atoms with E-state index in [9.17, 15) is 9.59 Å². The number of hydrogen-bond donors (Lipinski definition) is 1. The summed E-state index contributed by atoms with van der Waals surface area (Å²) >= 11 is 0. The van der Waals surface area contributed by atoms with Crippen LogP contribution in [-0.4, -0.2) is 46.3 Å². The number of rotatable bonds is 9. The first kappa shape index (κ1) is 20.6. The molecule has 0 saturated carbocycles. The summed E-state index contributed by atoms with van der Waals surface area (Å²) in [6.45, 7) is 7.44. The summed E-state index contributed by atoms with van der Waals surface area (Å²) in [5.41, 5.74) is 2.26. The quantitative estimate of drug-likeness (QED) is 0.738. The van der Waals surface area contributed by atoms with Gasteiger partial charge in [0.1, 0.15) is 5.69 Å². The third-order valence-electron chi connectivity index (χ3n) is 4.06. The molecule has 0 radical (unpaired) electrons. The summed E-state index contributed by atoms with van der Waals surface area (Å²) in [5, 5.41) is 2.92. The van der Waals surface area contributed by atoms with Crippen molar-refractivity contribution in [2.45, 2.75) is 33.6 Å². The largest absolute Gasteiger partial charge is 0.356 e. The highest BCUT2D eigenvalue weighted by Crippen LogP contribution is 2.07. The lowest BCUT2D eigenvalue weighted by Crippen LogP contribution is -2.38. The fourth-order valence-corrected chi connectivity index (χ4v) is 2.70. The van der Waals surface area contributed by atoms with Crippen molar-refractivity contribution in [2.75, 3.05) is 19.6 Å². The number of carbonyl (C=O) groups excluding carboxylic acids is 2. The second-order valence-electron chi connectivity index (χ2n) is 7.02. The van der Waals surface area contributed by atoms with E-state index in [2.05, 4.69) is 15.3 Å². The van der Waals surface area contributed by atoms with Gasteiger partial charge in [0.25, 0.3) is 5.91 Å². The molecule has 0 aliphatic carbocycles. The van der Waals surface area contributed by atoms with Gasteiger partial charge in [0.2, 0.25) is 5.91 Å². The van der Waals surface area contributed by atoms with Crippen LogP contribution in [0.2, 0.25) is 0 Å². The van der Waals surface area contributed by atoms with E-state index in [0.29, 0.717) is 31.2 Å². The zero-order chi connectivity index (χ0) is 19.6. The molecule has 2 amide bonds. The summed E-state index contributed by atoms with van der Waals surface area (Å²) in [6, 6.07) is 10.0. The molecule has 2 aromatic rings. The summed E-state index contributed by atoms with van der Waals surface area (Å²) in [4.78, 5) is 34.8. The first-order chi connectivity index (χ1) is 13.0. The minimum atomic E-state index is -0.187. The summed E-state index contributed by atoms with van der Waals surface area (Å²) in [5.74, 6) is 0.0595. The number of hydrogen-bond acceptors (Lipinski definition) is 4. The number of nitrogens with zero attached hydrogens (tertiary/aromatic N) is 3. The molecule has 1 N–H and O–H groups in total. The van der Waals surface area contributed by atoms with Crippen molar-refractivity contribution in [1.82, 2.24) is 20.2 Å². The molecular formula is C21H28N4O2. The maximum Gasteiger partial charge on any atom is 0.274 e. The lowest BCUT2D eigenvalue weighted by molar-refractivity contribution is -0.121. The van der Waals surface area contributed by atoms with Crippen molar-refractivity contribution in [3.05, 3.63) is 59.7 Å². The van der Waals surface area contributed by atoms with Gasteiger partial charge in [-0.3, -0.25) is 14.6 Å². The topological polar surface area (TPSA) is 75.2 Å². The first-order valence-electron chi connectivity index (χ1n) is 9.34. The van der Waals surface area contributed by atoms with Crippen molar-refractivity contribution in [3.8, 4) is 0 Å². The molecule has 0 aliphatic heterocycles. The van der Waals surface area contributed by atoms with Crippen LogP contribution >= 0.6 is 0 Å². The Kier molecular flexibility index (Phi) is 7.92. The van der Waals surface area contributed by atoms with Gasteiger partial charge in [0.15, 0.2) is 0 Å². The average molecular weight is 368 g/mol.